The molecule has 2 rings (SSSR count). The smallest absolute Gasteiger partial charge is 0.273 e. The molecule has 0 aliphatic carbocycles. The lowest BCUT2D eigenvalue weighted by Gasteiger charge is -2.07. The van der Waals surface area contributed by atoms with E-state index in [-0.39, 0.29) is 5.16 Å². The number of nitrogens with two attached hydrogens (primary N) is 1. The van der Waals surface area contributed by atoms with Crippen LogP contribution in [0.15, 0.2) is 33.9 Å². The second kappa shape index (κ2) is 6.02. The van der Waals surface area contributed by atoms with Crippen molar-refractivity contribution >= 4 is 26.0 Å². The highest BCUT2D eigenvalue weighted by Gasteiger charge is 2.20. The molecular formula is C12H15BrN4O2S. The quantitative estimate of drug-likeness (QED) is 0.880. The number of halogens is 1. The van der Waals surface area contributed by atoms with Gasteiger partial charge in [0.2, 0.25) is 0 Å². The number of nitrogens with zero attached hydrogens (tertiary/aromatic N) is 3. The maximum Gasteiger partial charge on any atom is 0.273 e. The molecule has 0 aliphatic rings. The van der Waals surface area contributed by atoms with Gasteiger partial charge in [0.1, 0.15) is 5.82 Å². The molecule has 1 aromatic carbocycles. The fourth-order valence-electron chi connectivity index (χ4n) is 1.89. The molecule has 108 valence electrons. The normalized spacial score (nSPS) is 11.8. The lowest BCUT2D eigenvalue weighted by Crippen LogP contribution is -2.19. The topological polar surface area (TPSA) is 90.9 Å². The van der Waals surface area contributed by atoms with Crippen LogP contribution in [0.25, 0.3) is 0 Å². The minimum Gasteiger partial charge on any atom is -0.300 e. The van der Waals surface area contributed by atoms with Crippen LogP contribution in [0.3, 0.4) is 0 Å². The van der Waals surface area contributed by atoms with Gasteiger partial charge in [-0.05, 0) is 24.1 Å². The van der Waals surface area contributed by atoms with Crippen molar-refractivity contribution in [2.45, 2.75) is 31.5 Å². The van der Waals surface area contributed by atoms with Crippen LogP contribution in [0.1, 0.15) is 24.7 Å². The highest BCUT2D eigenvalue weighted by Crippen LogP contribution is 2.15. The second-order valence-electron chi connectivity index (χ2n) is 4.40. The number of rotatable bonds is 5. The molecule has 0 aliphatic heterocycles. The van der Waals surface area contributed by atoms with Crippen LogP contribution in [0.2, 0.25) is 0 Å². The molecule has 1 aromatic heterocycles. The number of sulfonamides is 1. The van der Waals surface area contributed by atoms with Crippen LogP contribution >= 0.6 is 15.9 Å². The molecule has 0 spiro atoms. The summed E-state index contributed by atoms with van der Waals surface area (Å²) in [5.74, 6) is 0.596. The monoisotopic (exact) mass is 358 g/mol. The first-order chi connectivity index (χ1) is 9.41. The Morgan fingerprint density at radius 3 is 2.45 bits per heavy atom. The first-order valence-corrected chi connectivity index (χ1v) is 8.45. The molecule has 2 aromatic rings. The number of hydrogen-bond acceptors (Lipinski definition) is 4. The van der Waals surface area contributed by atoms with Crippen molar-refractivity contribution in [3.05, 3.63) is 40.1 Å². The molecule has 0 radical (unpaired) electrons. The predicted molar refractivity (Wildman–Crippen MR) is 78.6 cm³/mol. The zero-order valence-electron chi connectivity index (χ0n) is 11.0. The summed E-state index contributed by atoms with van der Waals surface area (Å²) in [5.41, 5.74) is 1.03. The third-order valence-corrected chi connectivity index (χ3v) is 4.11. The van der Waals surface area contributed by atoms with Gasteiger partial charge in [-0.25, -0.2) is 13.6 Å². The number of aromatic nitrogens is 3. The largest absolute Gasteiger partial charge is 0.300 e. The Morgan fingerprint density at radius 2 is 1.90 bits per heavy atom. The van der Waals surface area contributed by atoms with Gasteiger partial charge in [0.25, 0.3) is 15.2 Å². The highest BCUT2D eigenvalue weighted by molar-refractivity contribution is 9.10. The minimum absolute atomic E-state index is 0.175. The van der Waals surface area contributed by atoms with E-state index in [9.17, 15) is 8.42 Å². The summed E-state index contributed by atoms with van der Waals surface area (Å²) in [6, 6.07) is 7.75. The Balaban J connectivity index is 2.37. The molecule has 0 saturated carbocycles. The molecule has 0 bridgehead atoms. The lowest BCUT2D eigenvalue weighted by atomic mass is 10.1. The molecule has 6 nitrogen and oxygen atoms in total. The van der Waals surface area contributed by atoms with Crippen LogP contribution in [0.4, 0.5) is 0 Å². The number of hydrogen-bond donors (Lipinski definition) is 1. The van der Waals surface area contributed by atoms with Gasteiger partial charge >= 0.3 is 0 Å². The van der Waals surface area contributed by atoms with Gasteiger partial charge in [-0.3, -0.25) is 0 Å². The Labute approximate surface area is 126 Å². The van der Waals surface area contributed by atoms with Crippen LogP contribution in [-0.4, -0.2) is 23.2 Å². The zero-order chi connectivity index (χ0) is 14.8. The van der Waals surface area contributed by atoms with E-state index >= 15 is 0 Å². The molecule has 0 amide bonds. The molecule has 1 heterocycles. The molecule has 0 fully saturated rings. The predicted octanol–water partition coefficient (Wildman–Crippen LogP) is 1.69. The van der Waals surface area contributed by atoms with E-state index in [1.807, 2.05) is 31.2 Å². The molecule has 0 unspecified atom stereocenters. The van der Waals surface area contributed by atoms with E-state index < -0.39 is 10.0 Å². The third-order valence-electron chi connectivity index (χ3n) is 2.77. The lowest BCUT2D eigenvalue weighted by molar-refractivity contribution is 0.550. The van der Waals surface area contributed by atoms with Gasteiger partial charge in [0, 0.05) is 17.4 Å². The van der Waals surface area contributed by atoms with Crippen LogP contribution in [0.5, 0.6) is 0 Å². The maximum absolute atomic E-state index is 11.5. The molecule has 0 saturated heterocycles. The maximum atomic E-state index is 11.5. The highest BCUT2D eigenvalue weighted by atomic mass is 79.9. The van der Waals surface area contributed by atoms with E-state index in [0.717, 1.165) is 16.5 Å². The molecule has 8 heteroatoms. The fraction of sp³-hybridized carbons (Fsp3) is 0.333. The molecule has 2 N–H and O–H groups in total. The standard InChI is InChI=1S/C12H15BrN4O2S/c1-2-7-17-11(15-16-12(17)20(14,18)19)8-9-3-5-10(13)6-4-9/h3-6H,2,7-8H2,1H3,(H2,14,18,19). The summed E-state index contributed by atoms with van der Waals surface area (Å²) in [4.78, 5) is 0. The summed E-state index contributed by atoms with van der Waals surface area (Å²) in [7, 11) is -3.85. The van der Waals surface area contributed by atoms with Gasteiger partial charge in [-0.15, -0.1) is 10.2 Å². The summed E-state index contributed by atoms with van der Waals surface area (Å²) >= 11 is 3.37. The van der Waals surface area contributed by atoms with Crippen molar-refractivity contribution < 1.29 is 8.42 Å². The molecule has 0 atom stereocenters. The Kier molecular flexibility index (Phi) is 4.56. The van der Waals surface area contributed by atoms with Crippen molar-refractivity contribution in [2.75, 3.05) is 0 Å². The first kappa shape index (κ1) is 15.1. The minimum atomic E-state index is -3.85. The van der Waals surface area contributed by atoms with E-state index in [1.54, 1.807) is 4.57 Å². The summed E-state index contributed by atoms with van der Waals surface area (Å²) in [6.07, 6.45) is 1.28. The Hall–Kier alpha value is -1.25. The van der Waals surface area contributed by atoms with Crippen molar-refractivity contribution in [3.8, 4) is 0 Å². The number of primary sulfonamides is 1. The van der Waals surface area contributed by atoms with Gasteiger partial charge in [-0.2, -0.15) is 0 Å². The average molecular weight is 359 g/mol. The average Bonchev–Trinajstić information content (AvgIpc) is 2.76. The Bertz CT molecular complexity index is 695. The molecule has 20 heavy (non-hydrogen) atoms. The zero-order valence-corrected chi connectivity index (χ0v) is 13.4. The summed E-state index contributed by atoms with van der Waals surface area (Å²) < 4.78 is 25.5. The van der Waals surface area contributed by atoms with Crippen molar-refractivity contribution in [3.63, 3.8) is 0 Å². The van der Waals surface area contributed by atoms with Gasteiger partial charge in [-0.1, -0.05) is 35.0 Å². The van der Waals surface area contributed by atoms with E-state index in [1.165, 1.54) is 0 Å². The summed E-state index contributed by atoms with van der Waals surface area (Å²) in [5, 5.41) is 12.7. The van der Waals surface area contributed by atoms with E-state index in [2.05, 4.69) is 26.1 Å². The first-order valence-electron chi connectivity index (χ1n) is 6.11. The number of benzene rings is 1. The van der Waals surface area contributed by atoms with Crippen LogP contribution < -0.4 is 5.14 Å². The van der Waals surface area contributed by atoms with Gasteiger partial charge in [0.15, 0.2) is 0 Å². The van der Waals surface area contributed by atoms with Crippen LogP contribution in [0, 0.1) is 0 Å². The fourth-order valence-corrected chi connectivity index (χ4v) is 2.82. The van der Waals surface area contributed by atoms with Crippen LogP contribution in [-0.2, 0) is 23.0 Å². The second-order valence-corrected chi connectivity index (χ2v) is 6.77. The van der Waals surface area contributed by atoms with Crippen molar-refractivity contribution in [2.24, 2.45) is 5.14 Å². The summed E-state index contributed by atoms with van der Waals surface area (Å²) in [6.45, 7) is 2.47. The van der Waals surface area contributed by atoms with E-state index in [4.69, 9.17) is 5.14 Å². The van der Waals surface area contributed by atoms with Crippen molar-refractivity contribution in [1.82, 2.24) is 14.8 Å². The third kappa shape index (κ3) is 3.44. The van der Waals surface area contributed by atoms with Crippen molar-refractivity contribution in [1.29, 1.82) is 0 Å². The van der Waals surface area contributed by atoms with Gasteiger partial charge in [0.05, 0.1) is 0 Å². The van der Waals surface area contributed by atoms with E-state index in [0.29, 0.717) is 18.8 Å². The molecular weight excluding hydrogens is 344 g/mol. The SMILES string of the molecule is CCCn1c(Cc2ccc(Br)cc2)nnc1S(N)(=O)=O. The Morgan fingerprint density at radius 1 is 1.25 bits per heavy atom. The van der Waals surface area contributed by atoms with Gasteiger partial charge < -0.3 is 4.57 Å².